The molecule has 0 aromatic heterocycles. The molecular weight excluding hydrogens is 180 g/mol. The summed E-state index contributed by atoms with van der Waals surface area (Å²) in [7, 11) is -1.40. The van der Waals surface area contributed by atoms with Crippen molar-refractivity contribution < 1.29 is 17.9 Å². The molecule has 0 aromatic rings. The van der Waals surface area contributed by atoms with Gasteiger partial charge >= 0.3 is 0 Å². The highest BCUT2D eigenvalue weighted by atomic mass is 32.2. The van der Waals surface area contributed by atoms with Crippen LogP contribution in [0.15, 0.2) is 11.5 Å². The van der Waals surface area contributed by atoms with Crippen LogP contribution < -0.4 is 0 Å². The number of methoxy groups -OCH3 is 1. The largest absolute Gasteiger partial charge is 0.382 e. The van der Waals surface area contributed by atoms with Crippen LogP contribution in [0.4, 0.5) is 0 Å². The van der Waals surface area contributed by atoms with Crippen molar-refractivity contribution in [3.63, 3.8) is 0 Å². The topological polar surface area (TPSA) is 52.6 Å². The molecule has 5 heteroatoms. The van der Waals surface area contributed by atoms with Gasteiger partial charge in [0.25, 0.3) is 0 Å². The van der Waals surface area contributed by atoms with Gasteiger partial charge in [-0.2, -0.15) is 0 Å². The lowest BCUT2D eigenvalue weighted by Gasteiger charge is -2.07. The first-order valence-corrected chi connectivity index (χ1v) is 5.37. The third-order valence-corrected chi connectivity index (χ3v) is 2.88. The van der Waals surface area contributed by atoms with Crippen LogP contribution in [0.1, 0.15) is 0 Å². The van der Waals surface area contributed by atoms with E-state index >= 15 is 0 Å². The standard InChI is InChI=1S/C7H12O4S/c1-10-3-4-11-7-2-5-12(8,9)6-7/h2,5,7H,3-4,6H2,1H3. The lowest BCUT2D eigenvalue weighted by Crippen LogP contribution is -2.17. The van der Waals surface area contributed by atoms with E-state index in [0.717, 1.165) is 0 Å². The summed E-state index contributed by atoms with van der Waals surface area (Å²) in [5.41, 5.74) is 0. The fourth-order valence-corrected chi connectivity index (χ4v) is 2.12. The molecule has 0 aromatic carbocycles. The molecule has 0 bridgehead atoms. The van der Waals surface area contributed by atoms with Crippen molar-refractivity contribution in [1.82, 2.24) is 0 Å². The highest BCUT2D eigenvalue weighted by Crippen LogP contribution is 2.10. The van der Waals surface area contributed by atoms with Crippen molar-refractivity contribution in [2.75, 3.05) is 26.1 Å². The van der Waals surface area contributed by atoms with E-state index in [-0.39, 0.29) is 11.9 Å². The summed E-state index contributed by atoms with van der Waals surface area (Å²) in [6.07, 6.45) is 1.27. The van der Waals surface area contributed by atoms with E-state index in [4.69, 9.17) is 9.47 Å². The smallest absolute Gasteiger partial charge is 0.174 e. The van der Waals surface area contributed by atoms with Gasteiger partial charge in [0, 0.05) is 12.5 Å². The van der Waals surface area contributed by atoms with Crippen molar-refractivity contribution >= 4 is 9.84 Å². The third-order valence-electron chi connectivity index (χ3n) is 1.52. The highest BCUT2D eigenvalue weighted by Gasteiger charge is 2.21. The maximum Gasteiger partial charge on any atom is 0.174 e. The Labute approximate surface area is 72.1 Å². The second kappa shape index (κ2) is 4.02. The third kappa shape index (κ3) is 2.92. The number of hydrogen-bond acceptors (Lipinski definition) is 4. The fourth-order valence-electron chi connectivity index (χ4n) is 0.934. The Hall–Kier alpha value is -0.390. The minimum atomic E-state index is -2.98. The Kier molecular flexibility index (Phi) is 3.25. The second-order valence-electron chi connectivity index (χ2n) is 2.56. The van der Waals surface area contributed by atoms with Gasteiger partial charge in [-0.25, -0.2) is 8.42 Å². The van der Waals surface area contributed by atoms with Crippen LogP contribution in [0, 0.1) is 0 Å². The van der Waals surface area contributed by atoms with E-state index < -0.39 is 9.84 Å². The first-order valence-electron chi connectivity index (χ1n) is 3.65. The molecule has 4 nitrogen and oxygen atoms in total. The molecular formula is C7H12O4S. The van der Waals surface area contributed by atoms with Gasteiger partial charge in [0.15, 0.2) is 9.84 Å². The van der Waals surface area contributed by atoms with Gasteiger partial charge < -0.3 is 9.47 Å². The Balaban J connectivity index is 2.26. The molecule has 0 spiro atoms. The van der Waals surface area contributed by atoms with Crippen LogP contribution in [0.25, 0.3) is 0 Å². The Morgan fingerprint density at radius 1 is 1.50 bits per heavy atom. The molecule has 0 amide bonds. The molecule has 1 aliphatic rings. The summed E-state index contributed by atoms with van der Waals surface area (Å²) in [6, 6.07) is 0. The first kappa shape index (κ1) is 9.70. The summed E-state index contributed by atoms with van der Waals surface area (Å²) in [5.74, 6) is 0.0662. The number of ether oxygens (including phenoxy) is 2. The van der Waals surface area contributed by atoms with E-state index in [1.165, 1.54) is 5.41 Å². The van der Waals surface area contributed by atoms with Crippen molar-refractivity contribution in [3.05, 3.63) is 11.5 Å². The summed E-state index contributed by atoms with van der Waals surface area (Å²) >= 11 is 0. The van der Waals surface area contributed by atoms with Crippen LogP contribution >= 0.6 is 0 Å². The average molecular weight is 192 g/mol. The van der Waals surface area contributed by atoms with Crippen molar-refractivity contribution in [2.24, 2.45) is 0 Å². The van der Waals surface area contributed by atoms with Gasteiger partial charge in [-0.05, 0) is 6.08 Å². The van der Waals surface area contributed by atoms with Gasteiger partial charge in [0.1, 0.15) is 0 Å². The molecule has 0 aliphatic carbocycles. The van der Waals surface area contributed by atoms with Crippen molar-refractivity contribution in [1.29, 1.82) is 0 Å². The van der Waals surface area contributed by atoms with E-state index in [2.05, 4.69) is 0 Å². The zero-order valence-electron chi connectivity index (χ0n) is 6.89. The number of hydrogen-bond donors (Lipinski definition) is 0. The minimum absolute atomic E-state index is 0.0662. The molecule has 1 heterocycles. The Bertz CT molecular complexity index is 255. The second-order valence-corrected chi connectivity index (χ2v) is 4.49. The van der Waals surface area contributed by atoms with Gasteiger partial charge in [-0.15, -0.1) is 0 Å². The lowest BCUT2D eigenvalue weighted by atomic mass is 10.4. The molecule has 12 heavy (non-hydrogen) atoms. The predicted octanol–water partition coefficient (Wildman–Crippen LogP) is -0.0399. The first-order chi connectivity index (χ1) is 5.64. The molecule has 1 rings (SSSR count). The zero-order valence-corrected chi connectivity index (χ0v) is 7.71. The molecule has 1 unspecified atom stereocenters. The average Bonchev–Trinajstić information content (AvgIpc) is 2.31. The van der Waals surface area contributed by atoms with Gasteiger partial charge in [-0.1, -0.05) is 0 Å². The minimum Gasteiger partial charge on any atom is -0.382 e. The van der Waals surface area contributed by atoms with E-state index in [1.807, 2.05) is 0 Å². The fraction of sp³-hybridized carbons (Fsp3) is 0.714. The summed E-state index contributed by atoms with van der Waals surface area (Å²) in [5, 5.41) is 1.20. The molecule has 70 valence electrons. The molecule has 1 aliphatic heterocycles. The van der Waals surface area contributed by atoms with E-state index in [1.54, 1.807) is 13.2 Å². The maximum atomic E-state index is 10.9. The number of sulfone groups is 1. The van der Waals surface area contributed by atoms with Gasteiger partial charge in [0.2, 0.25) is 0 Å². The molecule has 0 fully saturated rings. The number of rotatable bonds is 4. The lowest BCUT2D eigenvalue weighted by molar-refractivity contribution is 0.0498. The molecule has 1 atom stereocenters. The summed E-state index contributed by atoms with van der Waals surface area (Å²) in [6.45, 7) is 0.922. The Morgan fingerprint density at radius 2 is 2.25 bits per heavy atom. The van der Waals surface area contributed by atoms with Crippen LogP contribution in [-0.2, 0) is 19.3 Å². The van der Waals surface area contributed by atoms with Crippen molar-refractivity contribution in [3.8, 4) is 0 Å². The normalized spacial score (nSPS) is 26.2. The Morgan fingerprint density at radius 3 is 2.75 bits per heavy atom. The van der Waals surface area contributed by atoms with Crippen LogP contribution in [-0.4, -0.2) is 40.6 Å². The monoisotopic (exact) mass is 192 g/mol. The van der Waals surface area contributed by atoms with Crippen molar-refractivity contribution in [2.45, 2.75) is 6.10 Å². The van der Waals surface area contributed by atoms with Gasteiger partial charge in [0.05, 0.1) is 25.1 Å². The van der Waals surface area contributed by atoms with Crippen LogP contribution in [0.5, 0.6) is 0 Å². The maximum absolute atomic E-state index is 10.9. The molecule has 0 radical (unpaired) electrons. The predicted molar refractivity (Wildman–Crippen MR) is 44.5 cm³/mol. The zero-order chi connectivity index (χ0) is 9.03. The molecule has 0 N–H and O–H groups in total. The molecule has 0 saturated heterocycles. The van der Waals surface area contributed by atoms with E-state index in [9.17, 15) is 8.42 Å². The van der Waals surface area contributed by atoms with Crippen LogP contribution in [0.2, 0.25) is 0 Å². The van der Waals surface area contributed by atoms with Gasteiger partial charge in [-0.3, -0.25) is 0 Å². The van der Waals surface area contributed by atoms with Crippen LogP contribution in [0.3, 0.4) is 0 Å². The molecule has 0 saturated carbocycles. The SMILES string of the molecule is COCCOC1C=CS(=O)(=O)C1. The van der Waals surface area contributed by atoms with E-state index in [0.29, 0.717) is 13.2 Å². The summed E-state index contributed by atoms with van der Waals surface area (Å²) < 4.78 is 31.7. The quantitative estimate of drug-likeness (QED) is 0.586. The highest BCUT2D eigenvalue weighted by molar-refractivity contribution is 7.94. The summed E-state index contributed by atoms with van der Waals surface area (Å²) in [4.78, 5) is 0.